The maximum Gasteiger partial charge on any atom is 0.419 e. The van der Waals surface area contributed by atoms with E-state index in [1.54, 1.807) is 36.1 Å². The van der Waals surface area contributed by atoms with Gasteiger partial charge in [0.25, 0.3) is 5.91 Å². The minimum absolute atomic E-state index is 0.00210. The first kappa shape index (κ1) is 25.5. The molecule has 0 atom stereocenters. The normalized spacial score (nSPS) is 13.1. The molecule has 0 saturated carbocycles. The van der Waals surface area contributed by atoms with Crippen molar-refractivity contribution in [3.05, 3.63) is 63.6 Å². The number of likely N-dealkylation sites (N-methyl/N-ethyl adjacent to an activating group) is 2. The minimum Gasteiger partial charge on any atom is -0.408 e. The largest absolute Gasteiger partial charge is 0.419 e. The summed E-state index contributed by atoms with van der Waals surface area (Å²) in [5, 5.41) is 9.72. The Hall–Kier alpha value is -3.63. The lowest BCUT2D eigenvalue weighted by Gasteiger charge is -2.32. The van der Waals surface area contributed by atoms with Crippen molar-refractivity contribution in [2.45, 2.75) is 26.9 Å². The van der Waals surface area contributed by atoms with Gasteiger partial charge >= 0.3 is 5.76 Å². The zero-order valence-corrected chi connectivity index (χ0v) is 21.3. The highest BCUT2D eigenvalue weighted by molar-refractivity contribution is 5.89. The van der Waals surface area contributed by atoms with Crippen molar-refractivity contribution < 1.29 is 14.0 Å². The SMILES string of the molecule is CCNCCNC(=O)CN(CC(=O)N(C)N1Cc2ccccc2C1)c1cc2c(cc1C)oc(=O)n2C. The van der Waals surface area contributed by atoms with Gasteiger partial charge in [-0.2, -0.15) is 0 Å². The molecule has 192 valence electrons. The van der Waals surface area contributed by atoms with E-state index in [9.17, 15) is 14.4 Å². The fourth-order valence-corrected chi connectivity index (χ4v) is 4.48. The van der Waals surface area contributed by atoms with Crippen molar-refractivity contribution in [3.63, 3.8) is 0 Å². The van der Waals surface area contributed by atoms with Crippen LogP contribution in [0.5, 0.6) is 0 Å². The molecule has 0 bridgehead atoms. The number of oxazole rings is 1. The molecular weight excluding hydrogens is 460 g/mol. The van der Waals surface area contributed by atoms with E-state index >= 15 is 0 Å². The standard InChI is InChI=1S/C26H34N6O4/c1-5-27-10-11-28-24(33)16-31(21-13-22-23(12-18(21)2)36-26(35)29(22)3)17-25(34)30(4)32-14-19-8-6-7-9-20(19)15-32/h6-9,12-13,27H,5,10-11,14-17H2,1-4H3,(H,28,33). The average molecular weight is 495 g/mol. The molecule has 0 spiro atoms. The second-order valence-electron chi connectivity index (χ2n) is 9.10. The average Bonchev–Trinajstić information content (AvgIpc) is 3.40. The van der Waals surface area contributed by atoms with Gasteiger partial charge in [-0.1, -0.05) is 31.2 Å². The van der Waals surface area contributed by atoms with E-state index in [-0.39, 0.29) is 24.9 Å². The molecule has 1 aliphatic heterocycles. The first-order valence-corrected chi connectivity index (χ1v) is 12.2. The monoisotopic (exact) mass is 494 g/mol. The van der Waals surface area contributed by atoms with Crippen LogP contribution in [0.1, 0.15) is 23.6 Å². The Bertz CT molecular complexity index is 1290. The van der Waals surface area contributed by atoms with Gasteiger partial charge in [0.2, 0.25) is 5.91 Å². The molecule has 2 amide bonds. The number of nitrogens with zero attached hydrogens (tertiary/aromatic N) is 4. The molecule has 36 heavy (non-hydrogen) atoms. The molecule has 0 fully saturated rings. The first-order valence-electron chi connectivity index (χ1n) is 12.2. The van der Waals surface area contributed by atoms with Crippen LogP contribution in [0, 0.1) is 6.92 Å². The van der Waals surface area contributed by atoms with Crippen LogP contribution >= 0.6 is 0 Å². The van der Waals surface area contributed by atoms with Crippen LogP contribution in [0.2, 0.25) is 0 Å². The summed E-state index contributed by atoms with van der Waals surface area (Å²) in [7, 11) is 3.40. The molecular formula is C26H34N6O4. The van der Waals surface area contributed by atoms with E-state index in [1.165, 1.54) is 15.7 Å². The number of carbonyl (C=O) groups excluding carboxylic acids is 2. The summed E-state index contributed by atoms with van der Waals surface area (Å²) in [5.41, 5.74) is 4.99. The van der Waals surface area contributed by atoms with Gasteiger partial charge in [0.15, 0.2) is 5.58 Å². The molecule has 10 heteroatoms. The van der Waals surface area contributed by atoms with E-state index in [4.69, 9.17) is 4.42 Å². The lowest BCUT2D eigenvalue weighted by atomic mass is 10.1. The van der Waals surface area contributed by atoms with Crippen molar-refractivity contribution in [1.82, 2.24) is 25.2 Å². The van der Waals surface area contributed by atoms with Gasteiger partial charge in [0.1, 0.15) is 0 Å². The van der Waals surface area contributed by atoms with Crippen LogP contribution < -0.4 is 21.3 Å². The first-order chi connectivity index (χ1) is 17.3. The molecule has 10 nitrogen and oxygen atoms in total. The number of hydrogen-bond acceptors (Lipinski definition) is 7. The Labute approximate surface area is 210 Å². The number of aryl methyl sites for hydroxylation is 2. The lowest BCUT2D eigenvalue weighted by Crippen LogP contribution is -2.48. The number of hydrazine groups is 1. The molecule has 0 unspecified atom stereocenters. The molecule has 4 rings (SSSR count). The number of amides is 2. The number of fused-ring (bicyclic) bond motifs is 2. The van der Waals surface area contributed by atoms with Crippen LogP contribution in [-0.4, -0.2) is 66.2 Å². The Morgan fingerprint density at radius 3 is 2.44 bits per heavy atom. The topological polar surface area (TPSA) is 103 Å². The maximum absolute atomic E-state index is 13.4. The second kappa shape index (κ2) is 11.0. The van der Waals surface area contributed by atoms with E-state index in [0.717, 1.165) is 12.1 Å². The third-order valence-corrected chi connectivity index (χ3v) is 6.59. The molecule has 1 aliphatic rings. The van der Waals surface area contributed by atoms with Crippen molar-refractivity contribution in [1.29, 1.82) is 0 Å². The van der Waals surface area contributed by atoms with Crippen molar-refractivity contribution in [2.75, 3.05) is 44.7 Å². The van der Waals surface area contributed by atoms with Gasteiger partial charge in [-0.3, -0.25) is 19.2 Å². The number of anilines is 1. The Balaban J connectivity index is 1.55. The number of hydrogen-bond donors (Lipinski definition) is 2. The Morgan fingerprint density at radius 1 is 1.08 bits per heavy atom. The Kier molecular flexibility index (Phi) is 7.76. The van der Waals surface area contributed by atoms with Gasteiger partial charge < -0.3 is 20.0 Å². The number of aromatic nitrogens is 1. The molecule has 2 heterocycles. The van der Waals surface area contributed by atoms with Crippen molar-refractivity contribution in [3.8, 4) is 0 Å². The van der Waals surface area contributed by atoms with Crippen molar-refractivity contribution >= 4 is 28.6 Å². The lowest BCUT2D eigenvalue weighted by molar-refractivity contribution is -0.145. The second-order valence-corrected chi connectivity index (χ2v) is 9.10. The van der Waals surface area contributed by atoms with E-state index in [2.05, 4.69) is 22.8 Å². The fraction of sp³-hybridized carbons (Fsp3) is 0.423. The van der Waals surface area contributed by atoms with Crippen molar-refractivity contribution in [2.24, 2.45) is 7.05 Å². The summed E-state index contributed by atoms with van der Waals surface area (Å²) in [4.78, 5) is 40.0. The van der Waals surface area contributed by atoms with E-state index < -0.39 is 5.76 Å². The molecule has 0 saturated heterocycles. The minimum atomic E-state index is -0.460. The maximum atomic E-state index is 13.4. The van der Waals surface area contributed by atoms with Crippen LogP contribution in [0.4, 0.5) is 5.69 Å². The molecule has 0 aliphatic carbocycles. The summed E-state index contributed by atoms with van der Waals surface area (Å²) in [5.74, 6) is -0.778. The highest BCUT2D eigenvalue weighted by atomic mass is 16.4. The number of nitrogens with one attached hydrogen (secondary N) is 2. The number of benzene rings is 2. The third kappa shape index (κ3) is 5.44. The van der Waals surface area contributed by atoms with Gasteiger partial charge in [0, 0.05) is 46.0 Å². The molecule has 2 N–H and O–H groups in total. The Morgan fingerprint density at radius 2 is 1.78 bits per heavy atom. The molecule has 1 aromatic heterocycles. The smallest absolute Gasteiger partial charge is 0.408 e. The fourth-order valence-electron chi connectivity index (χ4n) is 4.48. The van der Waals surface area contributed by atoms with Crippen LogP contribution in [0.25, 0.3) is 11.1 Å². The van der Waals surface area contributed by atoms with Crippen LogP contribution in [0.15, 0.2) is 45.6 Å². The summed E-state index contributed by atoms with van der Waals surface area (Å²) >= 11 is 0. The van der Waals surface area contributed by atoms with E-state index in [1.807, 2.05) is 31.0 Å². The van der Waals surface area contributed by atoms with Gasteiger partial charge in [-0.25, -0.2) is 9.80 Å². The molecule has 2 aromatic carbocycles. The zero-order valence-electron chi connectivity index (χ0n) is 21.3. The number of rotatable bonds is 10. The predicted octanol–water partition coefficient (Wildman–Crippen LogP) is 1.36. The van der Waals surface area contributed by atoms with E-state index in [0.29, 0.717) is 43.0 Å². The molecule has 3 aromatic rings. The van der Waals surface area contributed by atoms with Gasteiger partial charge in [-0.15, -0.1) is 0 Å². The number of carbonyl (C=O) groups is 2. The highest BCUT2D eigenvalue weighted by Gasteiger charge is 2.27. The van der Waals surface area contributed by atoms with Crippen LogP contribution in [0.3, 0.4) is 0 Å². The summed E-state index contributed by atoms with van der Waals surface area (Å²) in [6, 6.07) is 11.7. The predicted molar refractivity (Wildman–Crippen MR) is 138 cm³/mol. The van der Waals surface area contributed by atoms with Crippen LogP contribution in [-0.2, 0) is 29.7 Å². The summed E-state index contributed by atoms with van der Waals surface area (Å²) < 4.78 is 6.73. The highest BCUT2D eigenvalue weighted by Crippen LogP contribution is 2.27. The summed E-state index contributed by atoms with van der Waals surface area (Å²) in [6.45, 7) is 7.20. The molecule has 0 radical (unpaired) electrons. The summed E-state index contributed by atoms with van der Waals surface area (Å²) in [6.07, 6.45) is 0. The quantitative estimate of drug-likeness (QED) is 0.410. The zero-order chi connectivity index (χ0) is 25.8. The van der Waals surface area contributed by atoms with Gasteiger partial charge in [0.05, 0.1) is 18.6 Å². The third-order valence-electron chi connectivity index (χ3n) is 6.59. The van der Waals surface area contributed by atoms with Gasteiger partial charge in [-0.05, 0) is 42.3 Å².